The maximum absolute atomic E-state index is 13.7. The summed E-state index contributed by atoms with van der Waals surface area (Å²) in [7, 11) is 1.80. The van der Waals surface area contributed by atoms with Gasteiger partial charge in [-0.1, -0.05) is 20.8 Å². The van der Waals surface area contributed by atoms with Crippen LogP contribution in [0.4, 0.5) is 0 Å². The van der Waals surface area contributed by atoms with Crippen LogP contribution in [0.3, 0.4) is 0 Å². The number of aliphatic hydroxyl groups excluding tert-OH is 1. The van der Waals surface area contributed by atoms with Gasteiger partial charge in [-0.25, -0.2) is 0 Å². The predicted molar refractivity (Wildman–Crippen MR) is 96.6 cm³/mol. The van der Waals surface area contributed by atoms with E-state index in [1.807, 2.05) is 13.8 Å². The molecule has 0 aromatic carbocycles. The maximum Gasteiger partial charge on any atom is 0.143 e. The quantitative estimate of drug-likeness (QED) is 0.781. The number of aliphatic hydroxyl groups is 1. The minimum Gasteiger partial charge on any atom is -0.392 e. The van der Waals surface area contributed by atoms with Crippen molar-refractivity contribution in [2.45, 2.75) is 71.5 Å². The van der Waals surface area contributed by atoms with Crippen LogP contribution in [0.2, 0.25) is 0 Å². The minimum atomic E-state index is -0.631. The number of hydrogen-bond acceptors (Lipinski definition) is 3. The van der Waals surface area contributed by atoms with Gasteiger partial charge >= 0.3 is 0 Å². The van der Waals surface area contributed by atoms with Gasteiger partial charge < -0.3 is 9.84 Å². The van der Waals surface area contributed by atoms with Gasteiger partial charge in [0, 0.05) is 29.8 Å². The maximum atomic E-state index is 13.7. The normalized spacial score (nSPS) is 55.4. The van der Waals surface area contributed by atoms with E-state index in [4.69, 9.17) is 11.2 Å². The fourth-order valence-corrected chi connectivity index (χ4v) is 7.42. The van der Waals surface area contributed by atoms with E-state index < -0.39 is 11.5 Å². The molecule has 0 aliphatic heterocycles. The largest absolute Gasteiger partial charge is 0.392 e. The molecule has 4 saturated carbocycles. The topological polar surface area (TPSA) is 46.5 Å². The molecule has 0 heterocycles. The molecule has 0 aromatic heterocycles. The predicted octanol–water partition coefficient (Wildman–Crippen LogP) is 3.44. The van der Waals surface area contributed by atoms with E-state index in [1.165, 1.54) is 0 Å². The fraction of sp³-hybridized carbons (Fsp3) is 0.864. The van der Waals surface area contributed by atoms with Gasteiger partial charge in [-0.15, -0.1) is 12.3 Å². The third kappa shape index (κ3) is 1.94. The summed E-state index contributed by atoms with van der Waals surface area (Å²) < 4.78 is 5.90. The summed E-state index contributed by atoms with van der Waals surface area (Å²) in [6.45, 7) is 6.12. The first-order valence-electron chi connectivity index (χ1n) is 9.99. The SMILES string of the molecule is C#CC(C)[C@]1(C)C[C@@H](O)[C@]23C[C@@H]2CCC2(CC[C@@H](OC)C23)[C@@H](C)C1=O. The molecule has 1 N–H and O–H groups in total. The molecule has 138 valence electrons. The van der Waals surface area contributed by atoms with Crippen LogP contribution in [0.1, 0.15) is 59.3 Å². The molecular weight excluding hydrogens is 312 g/mol. The highest BCUT2D eigenvalue weighted by atomic mass is 16.5. The van der Waals surface area contributed by atoms with Gasteiger partial charge in [-0.2, -0.15) is 0 Å². The van der Waals surface area contributed by atoms with Crippen LogP contribution in [-0.4, -0.2) is 30.2 Å². The summed E-state index contributed by atoms with van der Waals surface area (Å²) >= 11 is 0. The van der Waals surface area contributed by atoms with Crippen molar-refractivity contribution in [2.24, 2.45) is 39.9 Å². The molecule has 4 aliphatic carbocycles. The Balaban J connectivity index is 1.86. The Hall–Kier alpha value is -0.850. The smallest absolute Gasteiger partial charge is 0.143 e. The van der Waals surface area contributed by atoms with Crippen molar-refractivity contribution in [3.63, 3.8) is 0 Å². The van der Waals surface area contributed by atoms with Crippen LogP contribution in [0, 0.1) is 52.3 Å². The summed E-state index contributed by atoms with van der Waals surface area (Å²) in [4.78, 5) is 13.7. The molecule has 25 heavy (non-hydrogen) atoms. The number of terminal acetylenes is 1. The van der Waals surface area contributed by atoms with Crippen LogP contribution in [0.5, 0.6) is 0 Å². The Labute approximate surface area is 151 Å². The highest BCUT2D eigenvalue weighted by Gasteiger charge is 2.76. The molecule has 0 aromatic rings. The lowest BCUT2D eigenvalue weighted by Crippen LogP contribution is -2.57. The van der Waals surface area contributed by atoms with Gasteiger partial charge in [0.1, 0.15) is 5.78 Å². The zero-order chi connectivity index (χ0) is 18.2. The van der Waals surface area contributed by atoms with E-state index in [0.29, 0.717) is 18.3 Å². The van der Waals surface area contributed by atoms with Crippen molar-refractivity contribution in [1.29, 1.82) is 0 Å². The van der Waals surface area contributed by atoms with Gasteiger partial charge in [0.15, 0.2) is 0 Å². The molecule has 0 radical (unpaired) electrons. The lowest BCUT2D eigenvalue weighted by Gasteiger charge is -2.55. The molecule has 3 unspecified atom stereocenters. The van der Waals surface area contributed by atoms with Gasteiger partial charge in [-0.3, -0.25) is 4.79 Å². The number of carbonyl (C=O) groups is 1. The van der Waals surface area contributed by atoms with E-state index in [9.17, 15) is 9.90 Å². The fourth-order valence-electron chi connectivity index (χ4n) is 7.42. The first-order valence-corrected chi connectivity index (χ1v) is 9.99. The molecule has 2 bridgehead atoms. The Bertz CT molecular complexity index is 636. The van der Waals surface area contributed by atoms with E-state index in [1.54, 1.807) is 7.11 Å². The monoisotopic (exact) mass is 344 g/mol. The molecule has 9 atom stereocenters. The molecule has 4 rings (SSSR count). The average molecular weight is 344 g/mol. The number of methoxy groups -OCH3 is 1. The minimum absolute atomic E-state index is 0.00984. The van der Waals surface area contributed by atoms with Crippen LogP contribution in [0.15, 0.2) is 0 Å². The molecule has 4 aliphatic rings. The summed E-state index contributed by atoms with van der Waals surface area (Å²) in [6, 6.07) is 0. The lowest BCUT2D eigenvalue weighted by atomic mass is 9.49. The Morgan fingerprint density at radius 2 is 2.00 bits per heavy atom. The Morgan fingerprint density at radius 3 is 2.64 bits per heavy atom. The molecular formula is C22H32O3. The second-order valence-corrected chi connectivity index (χ2v) is 9.69. The van der Waals surface area contributed by atoms with Crippen molar-refractivity contribution in [2.75, 3.05) is 7.11 Å². The summed E-state index contributed by atoms with van der Waals surface area (Å²) in [5.74, 6) is 3.84. The number of ketones is 1. The number of ether oxygens (including phenoxy) is 1. The number of hydrogen-bond donors (Lipinski definition) is 1. The summed E-state index contributed by atoms with van der Waals surface area (Å²) in [5, 5.41) is 11.4. The Kier molecular flexibility index (Phi) is 3.75. The third-order valence-corrected chi connectivity index (χ3v) is 9.19. The summed E-state index contributed by atoms with van der Waals surface area (Å²) in [6.07, 6.45) is 11.4. The number of carbonyl (C=O) groups excluding carboxylic acids is 1. The van der Waals surface area contributed by atoms with Crippen LogP contribution >= 0.6 is 0 Å². The molecule has 3 nitrogen and oxygen atoms in total. The molecule has 4 fully saturated rings. The second kappa shape index (κ2) is 5.33. The zero-order valence-electron chi connectivity index (χ0n) is 16.0. The standard InChI is InChI=1S/C22H32O3/c1-6-13(2)20(4)12-17(23)22-11-15(22)7-9-21(14(3)19(20)24)10-8-16(25-5)18(21)22/h1,13-18,23H,7-12H2,2-5H3/t13?,14-,15-,16+,17+,18?,20-,21?,22-/m0/s1. The van der Waals surface area contributed by atoms with Crippen molar-refractivity contribution in [3.05, 3.63) is 0 Å². The first-order chi connectivity index (χ1) is 11.8. The molecule has 3 heteroatoms. The van der Waals surface area contributed by atoms with Crippen LogP contribution in [0.25, 0.3) is 0 Å². The van der Waals surface area contributed by atoms with E-state index in [-0.39, 0.29) is 34.6 Å². The van der Waals surface area contributed by atoms with Gasteiger partial charge in [-0.05, 0) is 55.8 Å². The summed E-state index contributed by atoms with van der Waals surface area (Å²) in [5.41, 5.74) is -0.685. The van der Waals surface area contributed by atoms with E-state index in [2.05, 4.69) is 12.8 Å². The van der Waals surface area contributed by atoms with E-state index in [0.717, 1.165) is 32.1 Å². The molecule has 0 amide bonds. The highest BCUT2D eigenvalue weighted by molar-refractivity contribution is 5.88. The van der Waals surface area contributed by atoms with Crippen molar-refractivity contribution in [3.8, 4) is 12.3 Å². The van der Waals surface area contributed by atoms with Crippen molar-refractivity contribution >= 4 is 5.78 Å². The van der Waals surface area contributed by atoms with Crippen molar-refractivity contribution in [1.82, 2.24) is 0 Å². The Morgan fingerprint density at radius 1 is 1.32 bits per heavy atom. The number of rotatable bonds is 2. The van der Waals surface area contributed by atoms with Crippen LogP contribution in [-0.2, 0) is 9.53 Å². The van der Waals surface area contributed by atoms with E-state index >= 15 is 0 Å². The zero-order valence-corrected chi connectivity index (χ0v) is 16.0. The molecule has 0 saturated heterocycles. The van der Waals surface area contributed by atoms with Gasteiger partial charge in [0.2, 0.25) is 0 Å². The van der Waals surface area contributed by atoms with Crippen LogP contribution < -0.4 is 0 Å². The van der Waals surface area contributed by atoms with Crippen molar-refractivity contribution < 1.29 is 14.6 Å². The van der Waals surface area contributed by atoms with Gasteiger partial charge in [0.25, 0.3) is 0 Å². The number of Topliss-reactive ketones (excluding diaryl/α,β-unsaturated/α-hetero) is 1. The lowest BCUT2D eigenvalue weighted by molar-refractivity contribution is -0.162. The molecule has 1 spiro atoms. The third-order valence-electron chi connectivity index (χ3n) is 9.19. The average Bonchev–Trinajstić information content (AvgIpc) is 3.25. The van der Waals surface area contributed by atoms with Gasteiger partial charge in [0.05, 0.1) is 12.2 Å². The highest BCUT2D eigenvalue weighted by Crippen LogP contribution is 2.77. The second-order valence-electron chi connectivity index (χ2n) is 9.69. The first kappa shape index (κ1) is 17.6.